The fraction of sp³-hybridized carbons (Fsp3) is 0. The van der Waals surface area contributed by atoms with Gasteiger partial charge in [-0.3, -0.25) is 0 Å². The lowest BCUT2D eigenvalue weighted by molar-refractivity contribution is 0.669. The highest BCUT2D eigenvalue weighted by molar-refractivity contribution is 6.06. The second-order valence-electron chi connectivity index (χ2n) is 13.4. The lowest BCUT2D eigenvalue weighted by Crippen LogP contribution is -1.96. The van der Waals surface area contributed by atoms with E-state index in [1.807, 2.05) is 18.2 Å². The van der Waals surface area contributed by atoms with Crippen LogP contribution in [-0.2, 0) is 0 Å². The molecule has 53 heavy (non-hydrogen) atoms. The number of nitrogens with zero attached hydrogens (tertiary/aromatic N) is 2. The molecule has 3 nitrogen and oxygen atoms in total. The molecule has 0 amide bonds. The van der Waals surface area contributed by atoms with Crippen LogP contribution < -0.4 is 0 Å². The van der Waals surface area contributed by atoms with Gasteiger partial charge in [0.05, 0.1) is 11.4 Å². The van der Waals surface area contributed by atoms with E-state index in [0.29, 0.717) is 5.82 Å². The molecule has 0 saturated heterocycles. The van der Waals surface area contributed by atoms with Gasteiger partial charge in [0.2, 0.25) is 0 Å². The first-order valence-corrected chi connectivity index (χ1v) is 17.9. The number of hydrogen-bond donors (Lipinski definition) is 0. The summed E-state index contributed by atoms with van der Waals surface area (Å²) in [5.41, 5.74) is 13.4. The highest BCUT2D eigenvalue weighted by Gasteiger charge is 2.15. The standard InChI is InChI=1S/C50H32N2O/c1-3-11-33(12-4-1)35-19-21-36(22-20-35)41-28-42(39-25-26-49-45(31-39)44-17-9-10-18-48(44)53-49)30-43(29-41)47-32-46(37-14-5-2-6-15-37)51-50(52-47)40-24-23-34-13-7-8-16-38(34)27-40/h1-32H. The maximum absolute atomic E-state index is 6.20. The summed E-state index contributed by atoms with van der Waals surface area (Å²) >= 11 is 0. The van der Waals surface area contributed by atoms with Crippen LogP contribution in [0.4, 0.5) is 0 Å². The number of hydrogen-bond acceptors (Lipinski definition) is 3. The van der Waals surface area contributed by atoms with Crippen LogP contribution in [0.1, 0.15) is 0 Å². The van der Waals surface area contributed by atoms with E-state index in [0.717, 1.165) is 77.7 Å². The normalized spacial score (nSPS) is 11.4. The Morgan fingerprint density at radius 3 is 1.58 bits per heavy atom. The molecule has 10 aromatic rings. The molecule has 0 aliphatic rings. The molecule has 248 valence electrons. The number of aromatic nitrogens is 2. The fourth-order valence-electron chi connectivity index (χ4n) is 7.31. The smallest absolute Gasteiger partial charge is 0.160 e. The Kier molecular flexibility index (Phi) is 7.47. The van der Waals surface area contributed by atoms with Gasteiger partial charge < -0.3 is 4.42 Å². The lowest BCUT2D eigenvalue weighted by atomic mass is 9.93. The zero-order chi connectivity index (χ0) is 35.1. The van der Waals surface area contributed by atoms with Gasteiger partial charge in [0.1, 0.15) is 11.2 Å². The summed E-state index contributed by atoms with van der Waals surface area (Å²) in [6, 6.07) is 68.2. The topological polar surface area (TPSA) is 38.9 Å². The van der Waals surface area contributed by atoms with Crippen LogP contribution in [0.25, 0.3) is 100.0 Å². The Bertz CT molecular complexity index is 2930. The van der Waals surface area contributed by atoms with E-state index < -0.39 is 0 Å². The molecular weight excluding hydrogens is 645 g/mol. The van der Waals surface area contributed by atoms with Gasteiger partial charge in [-0.05, 0) is 92.7 Å². The summed E-state index contributed by atoms with van der Waals surface area (Å²) in [5, 5.41) is 4.56. The van der Waals surface area contributed by atoms with Gasteiger partial charge in [-0.1, -0.05) is 146 Å². The molecule has 10 rings (SSSR count). The number of benzene rings is 8. The first-order valence-electron chi connectivity index (χ1n) is 17.9. The van der Waals surface area contributed by atoms with Crippen molar-refractivity contribution < 1.29 is 4.42 Å². The Balaban J connectivity index is 1.17. The summed E-state index contributed by atoms with van der Waals surface area (Å²) in [6.45, 7) is 0. The van der Waals surface area contributed by atoms with Crippen LogP contribution in [-0.4, -0.2) is 9.97 Å². The largest absolute Gasteiger partial charge is 0.456 e. The molecule has 8 aromatic carbocycles. The number of para-hydroxylation sites is 1. The van der Waals surface area contributed by atoms with E-state index in [4.69, 9.17) is 14.4 Å². The van der Waals surface area contributed by atoms with Crippen molar-refractivity contribution in [3.63, 3.8) is 0 Å². The molecule has 0 aliphatic carbocycles. The summed E-state index contributed by atoms with van der Waals surface area (Å²) in [7, 11) is 0. The number of fused-ring (bicyclic) bond motifs is 4. The van der Waals surface area contributed by atoms with Gasteiger partial charge in [-0.2, -0.15) is 0 Å². The molecule has 0 radical (unpaired) electrons. The maximum atomic E-state index is 6.20. The van der Waals surface area contributed by atoms with Gasteiger partial charge >= 0.3 is 0 Å². The third-order valence-corrected chi connectivity index (χ3v) is 10.1. The average molecular weight is 677 g/mol. The maximum Gasteiger partial charge on any atom is 0.160 e. The molecule has 0 fully saturated rings. The minimum Gasteiger partial charge on any atom is -0.456 e. The molecular formula is C50H32N2O. The van der Waals surface area contributed by atoms with Crippen LogP contribution in [0.5, 0.6) is 0 Å². The highest BCUT2D eigenvalue weighted by Crippen LogP contribution is 2.38. The zero-order valence-corrected chi connectivity index (χ0v) is 28.8. The van der Waals surface area contributed by atoms with Crippen molar-refractivity contribution in [3.8, 4) is 67.3 Å². The van der Waals surface area contributed by atoms with Crippen LogP contribution in [0.2, 0.25) is 0 Å². The summed E-state index contributed by atoms with van der Waals surface area (Å²) in [6.07, 6.45) is 0. The first-order chi connectivity index (χ1) is 26.2. The van der Waals surface area contributed by atoms with Gasteiger partial charge in [0.15, 0.2) is 5.82 Å². The molecule has 3 heteroatoms. The molecule has 0 N–H and O–H groups in total. The van der Waals surface area contributed by atoms with Crippen molar-refractivity contribution in [1.29, 1.82) is 0 Å². The molecule has 0 atom stereocenters. The Morgan fingerprint density at radius 2 is 0.811 bits per heavy atom. The van der Waals surface area contributed by atoms with Crippen molar-refractivity contribution in [2.75, 3.05) is 0 Å². The zero-order valence-electron chi connectivity index (χ0n) is 28.8. The van der Waals surface area contributed by atoms with Gasteiger partial charge in [0, 0.05) is 27.5 Å². The van der Waals surface area contributed by atoms with E-state index in [-0.39, 0.29) is 0 Å². The van der Waals surface area contributed by atoms with Crippen molar-refractivity contribution in [1.82, 2.24) is 9.97 Å². The highest BCUT2D eigenvalue weighted by atomic mass is 16.3. The minimum atomic E-state index is 0.692. The van der Waals surface area contributed by atoms with Crippen molar-refractivity contribution in [2.24, 2.45) is 0 Å². The Hall–Kier alpha value is -7.10. The van der Waals surface area contributed by atoms with Crippen LogP contribution in [0.3, 0.4) is 0 Å². The molecule has 2 heterocycles. The van der Waals surface area contributed by atoms with E-state index in [9.17, 15) is 0 Å². The molecule has 0 saturated carbocycles. The third kappa shape index (κ3) is 5.85. The van der Waals surface area contributed by atoms with E-state index >= 15 is 0 Å². The Morgan fingerprint density at radius 1 is 0.283 bits per heavy atom. The molecule has 0 spiro atoms. The second-order valence-corrected chi connectivity index (χ2v) is 13.4. The second kappa shape index (κ2) is 12.9. The molecule has 2 aromatic heterocycles. The van der Waals surface area contributed by atoms with Crippen LogP contribution in [0.15, 0.2) is 199 Å². The van der Waals surface area contributed by atoms with Crippen molar-refractivity contribution >= 4 is 32.7 Å². The van der Waals surface area contributed by atoms with E-state index in [2.05, 4.69) is 176 Å². The monoisotopic (exact) mass is 676 g/mol. The van der Waals surface area contributed by atoms with Crippen molar-refractivity contribution in [3.05, 3.63) is 194 Å². The quantitative estimate of drug-likeness (QED) is 0.176. The molecule has 0 unspecified atom stereocenters. The van der Waals surface area contributed by atoms with Gasteiger partial charge in [-0.15, -0.1) is 0 Å². The summed E-state index contributed by atoms with van der Waals surface area (Å²) in [5.74, 6) is 0.692. The SMILES string of the molecule is c1ccc(-c2ccc(-c3cc(-c4ccc5oc6ccccc6c5c4)cc(-c4cc(-c5ccccc5)nc(-c5ccc6ccccc6c5)n4)c3)cc2)cc1. The summed E-state index contributed by atoms with van der Waals surface area (Å²) < 4.78 is 6.20. The first kappa shape index (κ1) is 30.7. The fourth-order valence-corrected chi connectivity index (χ4v) is 7.31. The number of rotatable bonds is 6. The van der Waals surface area contributed by atoms with Crippen LogP contribution >= 0.6 is 0 Å². The van der Waals surface area contributed by atoms with E-state index in [1.54, 1.807) is 0 Å². The van der Waals surface area contributed by atoms with E-state index in [1.165, 1.54) is 16.5 Å². The number of furan rings is 1. The lowest BCUT2D eigenvalue weighted by Gasteiger charge is -2.14. The minimum absolute atomic E-state index is 0.692. The van der Waals surface area contributed by atoms with Crippen molar-refractivity contribution in [2.45, 2.75) is 0 Å². The summed E-state index contributed by atoms with van der Waals surface area (Å²) in [4.78, 5) is 10.4. The molecule has 0 bridgehead atoms. The Labute approximate surface area is 307 Å². The van der Waals surface area contributed by atoms with Gasteiger partial charge in [-0.25, -0.2) is 9.97 Å². The third-order valence-electron chi connectivity index (χ3n) is 10.1. The van der Waals surface area contributed by atoms with Crippen LogP contribution in [0, 0.1) is 0 Å². The average Bonchev–Trinajstić information content (AvgIpc) is 3.62. The molecule has 0 aliphatic heterocycles. The predicted molar refractivity (Wildman–Crippen MR) is 219 cm³/mol. The van der Waals surface area contributed by atoms with Gasteiger partial charge in [0.25, 0.3) is 0 Å². The predicted octanol–water partition coefficient (Wildman–Crippen LogP) is 13.5.